The molecule has 0 saturated carbocycles. The van der Waals surface area contributed by atoms with Gasteiger partial charge < -0.3 is 15.2 Å². The molecule has 0 aliphatic rings. The van der Waals surface area contributed by atoms with Crippen LogP contribution in [0, 0.1) is 10.1 Å². The number of nitro benzene ring substituents is 1. The topological polar surface area (TPSA) is 112 Å². The Morgan fingerprint density at radius 1 is 1.14 bits per heavy atom. The molecular formula is C19H16F3N2O5-. The van der Waals surface area contributed by atoms with Crippen molar-refractivity contribution in [2.75, 3.05) is 0 Å². The highest BCUT2D eigenvalue weighted by Gasteiger charge is 2.30. The van der Waals surface area contributed by atoms with Crippen LogP contribution in [0.4, 0.5) is 18.9 Å². The van der Waals surface area contributed by atoms with Gasteiger partial charge in [-0.2, -0.15) is 13.2 Å². The van der Waals surface area contributed by atoms with E-state index in [2.05, 4.69) is 5.32 Å². The third-order valence-corrected chi connectivity index (χ3v) is 4.23. The molecule has 0 saturated heterocycles. The van der Waals surface area contributed by atoms with E-state index in [1.807, 2.05) is 0 Å². The highest BCUT2D eigenvalue weighted by atomic mass is 19.4. The fourth-order valence-electron chi connectivity index (χ4n) is 2.70. The van der Waals surface area contributed by atoms with Crippen LogP contribution in [0.3, 0.4) is 0 Å². The number of nitrogens with one attached hydrogen (secondary N) is 1. The lowest BCUT2D eigenvalue weighted by Gasteiger charge is -2.16. The summed E-state index contributed by atoms with van der Waals surface area (Å²) in [6.45, 7) is 1.46. The minimum absolute atomic E-state index is 0.000389. The molecule has 10 heteroatoms. The van der Waals surface area contributed by atoms with Crippen molar-refractivity contribution in [1.82, 2.24) is 5.32 Å². The fourth-order valence-corrected chi connectivity index (χ4v) is 2.70. The van der Waals surface area contributed by atoms with E-state index < -0.39 is 34.6 Å². The maximum atomic E-state index is 12.6. The molecule has 2 rings (SSSR count). The van der Waals surface area contributed by atoms with Crippen molar-refractivity contribution >= 4 is 17.6 Å². The number of benzene rings is 2. The van der Waals surface area contributed by atoms with Gasteiger partial charge in [-0.15, -0.1) is 0 Å². The molecule has 1 amide bonds. The van der Waals surface area contributed by atoms with Gasteiger partial charge >= 0.3 is 6.18 Å². The van der Waals surface area contributed by atoms with Gasteiger partial charge in [-0.1, -0.05) is 12.1 Å². The molecule has 0 aliphatic carbocycles. The Bertz CT molecular complexity index is 926. The van der Waals surface area contributed by atoms with Crippen LogP contribution in [-0.2, 0) is 17.4 Å². The van der Waals surface area contributed by atoms with Crippen molar-refractivity contribution in [2.24, 2.45) is 0 Å². The first-order valence-electron chi connectivity index (χ1n) is 8.44. The molecule has 0 aliphatic heterocycles. The first kappa shape index (κ1) is 21.9. The molecule has 154 valence electrons. The second-order valence-electron chi connectivity index (χ2n) is 6.30. The zero-order valence-corrected chi connectivity index (χ0v) is 15.2. The number of hydrogen-bond acceptors (Lipinski definition) is 5. The van der Waals surface area contributed by atoms with E-state index in [0.717, 1.165) is 30.3 Å². The van der Waals surface area contributed by atoms with Crippen molar-refractivity contribution in [2.45, 2.75) is 32.0 Å². The van der Waals surface area contributed by atoms with E-state index in [0.29, 0.717) is 5.56 Å². The molecular weight excluding hydrogens is 393 g/mol. The van der Waals surface area contributed by atoms with E-state index in [1.54, 1.807) is 0 Å². The smallest absolute Gasteiger partial charge is 0.416 e. The molecule has 0 heterocycles. The van der Waals surface area contributed by atoms with Crippen LogP contribution < -0.4 is 10.4 Å². The molecule has 29 heavy (non-hydrogen) atoms. The third-order valence-electron chi connectivity index (χ3n) is 4.23. The number of nitrogens with zero attached hydrogens (tertiary/aromatic N) is 1. The lowest BCUT2D eigenvalue weighted by Crippen LogP contribution is -2.28. The zero-order chi connectivity index (χ0) is 21.8. The predicted molar refractivity (Wildman–Crippen MR) is 93.7 cm³/mol. The molecule has 1 atom stereocenters. The standard InChI is InChI=1S/C19H17F3N2O5/c1-11(15-10-13(18(26)27)5-8-16(15)24(28)29)23-17(25)9-4-12-2-6-14(7-3-12)19(20,21)22/h2-3,5-8,10-11H,4,9H2,1H3,(H,23,25)(H,26,27)/p-1. The number of aryl methyl sites for hydroxylation is 1. The average Bonchev–Trinajstić information content (AvgIpc) is 2.65. The normalized spacial score (nSPS) is 12.3. The Labute approximate surface area is 163 Å². The van der Waals surface area contributed by atoms with Gasteiger partial charge in [0, 0.05) is 12.5 Å². The number of hydrogen-bond donors (Lipinski definition) is 1. The summed E-state index contributed by atoms with van der Waals surface area (Å²) >= 11 is 0. The lowest BCUT2D eigenvalue weighted by molar-refractivity contribution is -0.385. The van der Waals surface area contributed by atoms with Crippen LogP contribution in [0.2, 0.25) is 0 Å². The van der Waals surface area contributed by atoms with Crippen LogP contribution in [0.5, 0.6) is 0 Å². The van der Waals surface area contributed by atoms with E-state index in [9.17, 15) is 38.0 Å². The van der Waals surface area contributed by atoms with Crippen molar-refractivity contribution in [3.05, 3.63) is 74.8 Å². The Kier molecular flexibility index (Phi) is 6.57. The molecule has 1 unspecified atom stereocenters. The number of alkyl halides is 3. The van der Waals surface area contributed by atoms with E-state index >= 15 is 0 Å². The molecule has 7 nitrogen and oxygen atoms in total. The van der Waals surface area contributed by atoms with Gasteiger partial charge in [0.15, 0.2) is 0 Å². The minimum atomic E-state index is -4.44. The van der Waals surface area contributed by atoms with Gasteiger partial charge in [-0.05, 0) is 48.7 Å². The number of carbonyl (C=O) groups is 2. The number of rotatable bonds is 7. The van der Waals surface area contributed by atoms with Gasteiger partial charge in [0.05, 0.1) is 28.1 Å². The summed E-state index contributed by atoms with van der Waals surface area (Å²) in [6.07, 6.45) is -4.35. The molecule has 0 bridgehead atoms. The first-order chi connectivity index (χ1) is 13.5. The van der Waals surface area contributed by atoms with Crippen molar-refractivity contribution in [3.63, 3.8) is 0 Å². The number of carboxylic acid groups (broad SMARTS) is 1. The van der Waals surface area contributed by atoms with Crippen LogP contribution in [0.25, 0.3) is 0 Å². The summed E-state index contributed by atoms with van der Waals surface area (Å²) in [7, 11) is 0. The average molecular weight is 409 g/mol. The summed E-state index contributed by atoms with van der Waals surface area (Å²) in [5, 5.41) is 24.7. The molecule has 0 fully saturated rings. The second-order valence-corrected chi connectivity index (χ2v) is 6.30. The lowest BCUT2D eigenvalue weighted by atomic mass is 10.0. The quantitative estimate of drug-likeness (QED) is 0.558. The maximum Gasteiger partial charge on any atom is 0.416 e. The van der Waals surface area contributed by atoms with Crippen molar-refractivity contribution in [1.29, 1.82) is 0 Å². The highest BCUT2D eigenvalue weighted by molar-refractivity contribution is 5.86. The Morgan fingerprint density at radius 3 is 2.28 bits per heavy atom. The molecule has 0 spiro atoms. The number of aromatic carboxylic acids is 1. The molecule has 2 aromatic rings. The predicted octanol–water partition coefficient (Wildman–Crippen LogP) is 2.79. The molecule has 0 aromatic heterocycles. The van der Waals surface area contributed by atoms with Crippen LogP contribution >= 0.6 is 0 Å². The zero-order valence-electron chi connectivity index (χ0n) is 15.2. The number of amides is 1. The minimum Gasteiger partial charge on any atom is -0.545 e. The monoisotopic (exact) mass is 409 g/mol. The fraction of sp³-hybridized carbons (Fsp3) is 0.263. The van der Waals surface area contributed by atoms with Crippen LogP contribution in [0.1, 0.15) is 46.4 Å². The highest BCUT2D eigenvalue weighted by Crippen LogP contribution is 2.29. The largest absolute Gasteiger partial charge is 0.545 e. The van der Waals surface area contributed by atoms with Gasteiger partial charge in [0.1, 0.15) is 0 Å². The molecule has 1 N–H and O–H groups in total. The number of halogens is 3. The van der Waals surface area contributed by atoms with Gasteiger partial charge in [-0.3, -0.25) is 14.9 Å². The van der Waals surface area contributed by atoms with Gasteiger partial charge in [0.25, 0.3) is 5.69 Å². The molecule has 0 radical (unpaired) electrons. The summed E-state index contributed by atoms with van der Waals surface area (Å²) in [5.41, 5.74) is -0.897. The molecule has 2 aromatic carbocycles. The number of nitro groups is 1. The van der Waals surface area contributed by atoms with E-state index in [1.165, 1.54) is 19.1 Å². The van der Waals surface area contributed by atoms with Crippen LogP contribution in [-0.4, -0.2) is 16.8 Å². The van der Waals surface area contributed by atoms with Crippen molar-refractivity contribution in [3.8, 4) is 0 Å². The summed E-state index contributed by atoms with van der Waals surface area (Å²) in [6, 6.07) is 6.64. The van der Waals surface area contributed by atoms with Gasteiger partial charge in [-0.25, -0.2) is 0 Å². The van der Waals surface area contributed by atoms with E-state index in [4.69, 9.17) is 0 Å². The third kappa shape index (κ3) is 5.77. The first-order valence-corrected chi connectivity index (χ1v) is 8.44. The Hall–Kier alpha value is -3.43. The Balaban J connectivity index is 2.04. The number of carboxylic acids is 1. The summed E-state index contributed by atoms with van der Waals surface area (Å²) in [5.74, 6) is -2.01. The Morgan fingerprint density at radius 2 is 1.76 bits per heavy atom. The van der Waals surface area contributed by atoms with Crippen LogP contribution in [0.15, 0.2) is 42.5 Å². The van der Waals surface area contributed by atoms with Gasteiger partial charge in [0.2, 0.25) is 5.91 Å². The summed E-state index contributed by atoms with van der Waals surface area (Å²) in [4.78, 5) is 33.6. The van der Waals surface area contributed by atoms with E-state index in [-0.39, 0.29) is 29.7 Å². The van der Waals surface area contributed by atoms with Crippen molar-refractivity contribution < 1.29 is 32.8 Å². The number of carbonyl (C=O) groups excluding carboxylic acids is 2. The maximum absolute atomic E-state index is 12.6. The SMILES string of the molecule is CC(NC(=O)CCc1ccc(C(F)(F)F)cc1)c1cc(C(=O)[O-])ccc1[N+](=O)[O-]. The second kappa shape index (κ2) is 8.72. The summed E-state index contributed by atoms with van der Waals surface area (Å²) < 4.78 is 37.7.